The number of nitrogens with zero attached hydrogens (tertiary/aromatic N) is 1. The van der Waals surface area contributed by atoms with E-state index in [1.54, 1.807) is 29.2 Å². The van der Waals surface area contributed by atoms with Crippen LogP contribution in [0.25, 0.3) is 0 Å². The number of amides is 2. The predicted octanol–water partition coefficient (Wildman–Crippen LogP) is 1.42. The summed E-state index contributed by atoms with van der Waals surface area (Å²) in [6.07, 6.45) is 0.756. The Morgan fingerprint density at radius 2 is 1.92 bits per heavy atom. The highest BCUT2D eigenvalue weighted by Gasteiger charge is 2.14. The van der Waals surface area contributed by atoms with Gasteiger partial charge in [-0.3, -0.25) is 19.3 Å². The molecule has 0 aliphatic rings. The Bertz CT molecular complexity index is 571. The summed E-state index contributed by atoms with van der Waals surface area (Å²) in [5.74, 6) is -1.59. The van der Waals surface area contributed by atoms with Crippen LogP contribution in [-0.4, -0.2) is 53.2 Å². The van der Waals surface area contributed by atoms with E-state index in [0.29, 0.717) is 12.2 Å². The summed E-state index contributed by atoms with van der Waals surface area (Å²) in [4.78, 5) is 36.1. The molecular weight excluding hydrogens is 354 g/mol. The van der Waals surface area contributed by atoms with Crippen LogP contribution in [0.5, 0.6) is 0 Å². The minimum absolute atomic E-state index is 0. The van der Waals surface area contributed by atoms with Crippen LogP contribution in [-0.2, 0) is 14.4 Å². The maximum absolute atomic E-state index is 12.1. The molecule has 0 radical (unpaired) electrons. The topological polar surface area (TPSA) is 113 Å². The number of aliphatic carboxylic acids is 1. The number of benzene rings is 1. The van der Waals surface area contributed by atoms with Crippen molar-refractivity contribution in [2.75, 3.05) is 30.7 Å². The number of carboxylic acids is 1. The number of thioether (sulfide) groups is 1. The van der Waals surface area contributed by atoms with Gasteiger partial charge in [-0.1, -0.05) is 19.1 Å². The molecule has 9 heteroatoms. The molecule has 0 atom stereocenters. The maximum atomic E-state index is 12.1. The van der Waals surface area contributed by atoms with Crippen LogP contribution in [0.3, 0.4) is 0 Å². The molecule has 134 valence electrons. The number of primary amides is 1. The van der Waals surface area contributed by atoms with Gasteiger partial charge in [0, 0.05) is 4.90 Å². The molecule has 1 aromatic carbocycles. The summed E-state index contributed by atoms with van der Waals surface area (Å²) in [5, 5.41) is 11.6. The number of carboxylic acid groups (broad SMARTS) is 1. The van der Waals surface area contributed by atoms with Crippen LogP contribution < -0.4 is 11.1 Å². The summed E-state index contributed by atoms with van der Waals surface area (Å²) < 4.78 is 0. The second kappa shape index (κ2) is 11.7. The van der Waals surface area contributed by atoms with Gasteiger partial charge in [0.25, 0.3) is 0 Å². The van der Waals surface area contributed by atoms with Gasteiger partial charge in [-0.2, -0.15) is 0 Å². The third-order valence-electron chi connectivity index (χ3n) is 2.80. The Balaban J connectivity index is 0.00000529. The van der Waals surface area contributed by atoms with E-state index in [1.807, 2.05) is 6.92 Å². The standard InChI is InChI=1S/C15H21N3O4S.ClH/c1-2-7-18(9-15(21)22)8-14(20)17-11-5-3-4-6-12(11)23-10-13(16)19;/h3-6H,2,7-10H2,1H3,(H2,16,19)(H,17,20)(H,21,22);1H. The number of rotatable bonds is 10. The molecule has 0 aliphatic heterocycles. The van der Waals surface area contributed by atoms with E-state index >= 15 is 0 Å². The van der Waals surface area contributed by atoms with Crippen LogP contribution in [0, 0.1) is 0 Å². The monoisotopic (exact) mass is 375 g/mol. The summed E-state index contributed by atoms with van der Waals surface area (Å²) in [5.41, 5.74) is 5.71. The number of anilines is 1. The fourth-order valence-electron chi connectivity index (χ4n) is 1.96. The van der Waals surface area contributed by atoms with Crippen molar-refractivity contribution in [1.82, 2.24) is 4.90 Å². The van der Waals surface area contributed by atoms with E-state index in [9.17, 15) is 14.4 Å². The van der Waals surface area contributed by atoms with E-state index < -0.39 is 11.9 Å². The zero-order chi connectivity index (χ0) is 17.2. The molecule has 0 bridgehead atoms. The first-order chi connectivity index (χ1) is 10.9. The van der Waals surface area contributed by atoms with Gasteiger partial charge in [0.2, 0.25) is 11.8 Å². The second-order valence-corrected chi connectivity index (χ2v) is 5.92. The minimum atomic E-state index is -0.969. The van der Waals surface area contributed by atoms with Crippen molar-refractivity contribution in [2.45, 2.75) is 18.2 Å². The van der Waals surface area contributed by atoms with Crippen molar-refractivity contribution in [3.8, 4) is 0 Å². The van der Waals surface area contributed by atoms with Gasteiger partial charge in [-0.05, 0) is 25.1 Å². The van der Waals surface area contributed by atoms with Crippen LogP contribution in [0.15, 0.2) is 29.2 Å². The molecule has 0 saturated heterocycles. The lowest BCUT2D eigenvalue weighted by Gasteiger charge is -2.19. The third-order valence-corrected chi connectivity index (χ3v) is 3.89. The average Bonchev–Trinajstić information content (AvgIpc) is 2.45. The lowest BCUT2D eigenvalue weighted by atomic mass is 10.3. The highest BCUT2D eigenvalue weighted by Crippen LogP contribution is 2.26. The summed E-state index contributed by atoms with van der Waals surface area (Å²) >= 11 is 1.24. The molecule has 0 spiro atoms. The quantitative estimate of drug-likeness (QED) is 0.533. The van der Waals surface area contributed by atoms with Gasteiger partial charge in [0.05, 0.1) is 24.5 Å². The number of carbonyl (C=O) groups excluding carboxylic acids is 2. The SMILES string of the molecule is CCCN(CC(=O)O)CC(=O)Nc1ccccc1SCC(N)=O.Cl. The molecule has 0 heterocycles. The van der Waals surface area contributed by atoms with Gasteiger partial charge in [0.1, 0.15) is 0 Å². The Kier molecular flexibility index (Phi) is 10.9. The van der Waals surface area contributed by atoms with E-state index in [4.69, 9.17) is 10.8 Å². The molecule has 0 saturated carbocycles. The lowest BCUT2D eigenvalue weighted by molar-refractivity contribution is -0.138. The number of hydrogen-bond donors (Lipinski definition) is 3. The number of carbonyl (C=O) groups is 3. The molecule has 0 fully saturated rings. The maximum Gasteiger partial charge on any atom is 0.317 e. The van der Waals surface area contributed by atoms with Crippen molar-refractivity contribution in [2.24, 2.45) is 5.73 Å². The molecule has 7 nitrogen and oxygen atoms in total. The number of nitrogens with one attached hydrogen (secondary N) is 1. The molecule has 1 rings (SSSR count). The first-order valence-electron chi connectivity index (χ1n) is 7.16. The largest absolute Gasteiger partial charge is 0.480 e. The summed E-state index contributed by atoms with van der Waals surface area (Å²) in [7, 11) is 0. The van der Waals surface area contributed by atoms with Gasteiger partial charge in [-0.15, -0.1) is 24.2 Å². The fraction of sp³-hybridized carbons (Fsp3) is 0.400. The van der Waals surface area contributed by atoms with Gasteiger partial charge in [0.15, 0.2) is 0 Å². The van der Waals surface area contributed by atoms with Gasteiger partial charge in [-0.25, -0.2) is 0 Å². The Hall–Kier alpha value is -1.77. The van der Waals surface area contributed by atoms with Crippen LogP contribution in [0.4, 0.5) is 5.69 Å². The zero-order valence-electron chi connectivity index (χ0n) is 13.4. The number of nitrogens with two attached hydrogens (primary N) is 1. The number of halogens is 1. The highest BCUT2D eigenvalue weighted by molar-refractivity contribution is 8.00. The molecule has 24 heavy (non-hydrogen) atoms. The zero-order valence-corrected chi connectivity index (χ0v) is 15.0. The summed E-state index contributed by atoms with van der Waals surface area (Å²) in [6, 6.07) is 7.07. The normalized spacial score (nSPS) is 10.1. The van der Waals surface area contributed by atoms with Crippen molar-refractivity contribution in [1.29, 1.82) is 0 Å². The van der Waals surface area contributed by atoms with Crippen LogP contribution in [0.2, 0.25) is 0 Å². The smallest absolute Gasteiger partial charge is 0.317 e. The van der Waals surface area contributed by atoms with E-state index in [2.05, 4.69) is 5.32 Å². The second-order valence-electron chi connectivity index (χ2n) is 4.90. The summed E-state index contributed by atoms with van der Waals surface area (Å²) in [6.45, 7) is 2.26. The van der Waals surface area contributed by atoms with Crippen LogP contribution >= 0.6 is 24.2 Å². The Morgan fingerprint density at radius 3 is 2.50 bits per heavy atom. The van der Waals surface area contributed by atoms with Gasteiger partial charge < -0.3 is 16.2 Å². The van der Waals surface area contributed by atoms with E-state index in [1.165, 1.54) is 11.8 Å². The average molecular weight is 376 g/mol. The lowest BCUT2D eigenvalue weighted by Crippen LogP contribution is -2.37. The van der Waals surface area contributed by atoms with Crippen molar-refractivity contribution < 1.29 is 19.5 Å². The van der Waals surface area contributed by atoms with E-state index in [-0.39, 0.29) is 37.2 Å². The molecule has 0 aromatic heterocycles. The van der Waals surface area contributed by atoms with Crippen molar-refractivity contribution >= 4 is 47.6 Å². The molecule has 4 N–H and O–H groups in total. The highest BCUT2D eigenvalue weighted by atomic mass is 35.5. The van der Waals surface area contributed by atoms with Crippen molar-refractivity contribution in [3.63, 3.8) is 0 Å². The van der Waals surface area contributed by atoms with Gasteiger partial charge >= 0.3 is 5.97 Å². The first-order valence-corrected chi connectivity index (χ1v) is 8.15. The minimum Gasteiger partial charge on any atom is -0.480 e. The Labute approximate surface area is 151 Å². The van der Waals surface area contributed by atoms with E-state index in [0.717, 1.165) is 11.3 Å². The Morgan fingerprint density at radius 1 is 1.25 bits per heavy atom. The third kappa shape index (κ3) is 8.76. The number of para-hydroxylation sites is 1. The molecule has 1 aromatic rings. The number of hydrogen-bond acceptors (Lipinski definition) is 5. The van der Waals surface area contributed by atoms with Crippen molar-refractivity contribution in [3.05, 3.63) is 24.3 Å². The molecular formula is C15H22ClN3O4S. The molecule has 2 amide bonds. The molecule has 0 aliphatic carbocycles. The predicted molar refractivity (Wildman–Crippen MR) is 96.6 cm³/mol. The van der Waals surface area contributed by atoms with Crippen LogP contribution in [0.1, 0.15) is 13.3 Å². The first kappa shape index (κ1) is 22.2. The molecule has 0 unspecified atom stereocenters. The fourth-order valence-corrected chi connectivity index (χ4v) is 2.71.